The number of benzene rings is 2. The minimum Gasteiger partial charge on any atom is -0.497 e. The molecule has 156 valence electrons. The summed E-state index contributed by atoms with van der Waals surface area (Å²) < 4.78 is 18.3. The number of aromatic nitrogens is 1. The Hall–Kier alpha value is -2.70. The average molecular weight is 422 g/mol. The van der Waals surface area contributed by atoms with Gasteiger partial charge >= 0.3 is 0 Å². The zero-order chi connectivity index (χ0) is 21.1. The normalized spacial score (nSPS) is 14.9. The molecule has 4 rings (SSSR count). The van der Waals surface area contributed by atoms with Crippen molar-refractivity contribution in [2.24, 2.45) is 0 Å². The highest BCUT2D eigenvalue weighted by Crippen LogP contribution is 2.43. The lowest BCUT2D eigenvalue weighted by Crippen LogP contribution is -2.29. The summed E-state index contributed by atoms with van der Waals surface area (Å²) in [7, 11) is 0.434. The molecule has 30 heavy (non-hydrogen) atoms. The molecule has 6 heteroatoms. The third-order valence-electron chi connectivity index (χ3n) is 5.58. The Bertz CT molecular complexity index is 1070. The van der Waals surface area contributed by atoms with Crippen molar-refractivity contribution in [2.45, 2.75) is 36.7 Å². The molecule has 0 saturated carbocycles. The Balaban J connectivity index is 1.46. The van der Waals surface area contributed by atoms with E-state index < -0.39 is 10.8 Å². The Labute approximate surface area is 180 Å². The highest BCUT2D eigenvalue weighted by Gasteiger charge is 2.30. The van der Waals surface area contributed by atoms with Gasteiger partial charge in [0.15, 0.2) is 5.03 Å². The summed E-state index contributed by atoms with van der Waals surface area (Å²) in [6, 6.07) is 16.1. The standard InChI is InChI=1S/C24H27N3O2S/c1-17-7-12-22-23(18(17)2)27(21-6-4-14-26-24(21)30(22)28)15-5-13-25-16-19-8-10-20(29-3)11-9-19/h4,6-12,14,25H,5,13,15-16H2,1-3H3. The van der Waals surface area contributed by atoms with E-state index in [1.807, 2.05) is 30.3 Å². The third kappa shape index (κ3) is 3.98. The van der Waals surface area contributed by atoms with Crippen molar-refractivity contribution in [1.82, 2.24) is 10.3 Å². The van der Waals surface area contributed by atoms with Crippen LogP contribution in [0.5, 0.6) is 5.75 Å². The van der Waals surface area contributed by atoms with Crippen LogP contribution in [0.3, 0.4) is 0 Å². The number of hydrogen-bond acceptors (Lipinski definition) is 5. The maximum absolute atomic E-state index is 13.1. The van der Waals surface area contributed by atoms with Crippen LogP contribution in [0.2, 0.25) is 0 Å². The quantitative estimate of drug-likeness (QED) is 0.569. The molecule has 0 amide bonds. The molecule has 1 aliphatic rings. The fourth-order valence-electron chi connectivity index (χ4n) is 3.79. The number of nitrogens with zero attached hydrogens (tertiary/aromatic N) is 2. The molecule has 0 spiro atoms. The summed E-state index contributed by atoms with van der Waals surface area (Å²) in [5.74, 6) is 0.873. The van der Waals surface area contributed by atoms with Crippen LogP contribution in [0.25, 0.3) is 0 Å². The lowest BCUT2D eigenvalue weighted by molar-refractivity contribution is 0.414. The number of methoxy groups -OCH3 is 1. The van der Waals surface area contributed by atoms with Gasteiger partial charge in [-0.15, -0.1) is 0 Å². The minimum atomic E-state index is -1.24. The Morgan fingerprint density at radius 2 is 1.90 bits per heavy atom. The largest absolute Gasteiger partial charge is 0.497 e. The smallest absolute Gasteiger partial charge is 0.155 e. The van der Waals surface area contributed by atoms with Crippen LogP contribution in [0.1, 0.15) is 23.1 Å². The molecule has 0 fully saturated rings. The summed E-state index contributed by atoms with van der Waals surface area (Å²) in [4.78, 5) is 7.58. The fourth-order valence-corrected chi connectivity index (χ4v) is 5.15. The zero-order valence-electron chi connectivity index (χ0n) is 17.6. The number of pyridine rings is 1. The molecule has 3 aromatic rings. The molecule has 1 N–H and O–H groups in total. The van der Waals surface area contributed by atoms with Crippen molar-refractivity contribution in [2.75, 3.05) is 25.1 Å². The predicted octanol–water partition coefficient (Wildman–Crippen LogP) is 4.51. The molecule has 0 radical (unpaired) electrons. The average Bonchev–Trinajstić information content (AvgIpc) is 2.78. The number of hydrogen-bond donors (Lipinski definition) is 1. The van der Waals surface area contributed by atoms with Crippen LogP contribution < -0.4 is 15.0 Å². The monoisotopic (exact) mass is 421 g/mol. The van der Waals surface area contributed by atoms with E-state index in [1.165, 1.54) is 16.7 Å². The van der Waals surface area contributed by atoms with E-state index in [9.17, 15) is 4.21 Å². The number of nitrogens with one attached hydrogen (secondary N) is 1. The van der Waals surface area contributed by atoms with Gasteiger partial charge in [0, 0.05) is 19.3 Å². The van der Waals surface area contributed by atoms with E-state index >= 15 is 0 Å². The summed E-state index contributed by atoms with van der Waals surface area (Å²) >= 11 is 0. The van der Waals surface area contributed by atoms with Crippen LogP contribution in [0, 0.1) is 13.8 Å². The van der Waals surface area contributed by atoms with Crippen LogP contribution in [0.4, 0.5) is 11.4 Å². The Kier molecular flexibility index (Phi) is 6.16. The summed E-state index contributed by atoms with van der Waals surface area (Å²) in [5.41, 5.74) is 5.65. The summed E-state index contributed by atoms with van der Waals surface area (Å²) in [6.45, 7) is 6.76. The zero-order valence-corrected chi connectivity index (χ0v) is 18.5. The minimum absolute atomic E-state index is 0.652. The van der Waals surface area contributed by atoms with Gasteiger partial charge in [0.25, 0.3) is 0 Å². The van der Waals surface area contributed by atoms with Gasteiger partial charge in [-0.05, 0) is 73.8 Å². The number of fused-ring (bicyclic) bond motifs is 2. The molecular formula is C24H27N3O2S. The maximum atomic E-state index is 13.1. The van der Waals surface area contributed by atoms with E-state index in [4.69, 9.17) is 4.74 Å². The molecule has 1 aliphatic heterocycles. The molecule has 0 saturated heterocycles. The number of anilines is 2. The van der Waals surface area contributed by atoms with Gasteiger partial charge in [-0.1, -0.05) is 18.2 Å². The first kappa shape index (κ1) is 20.6. The van der Waals surface area contributed by atoms with Crippen LogP contribution in [0.15, 0.2) is 64.6 Å². The van der Waals surface area contributed by atoms with Crippen LogP contribution in [-0.2, 0) is 17.3 Å². The number of ether oxygens (including phenoxy) is 1. The van der Waals surface area contributed by atoms with Crippen molar-refractivity contribution in [1.29, 1.82) is 0 Å². The van der Waals surface area contributed by atoms with Gasteiger partial charge in [0.1, 0.15) is 16.5 Å². The van der Waals surface area contributed by atoms with E-state index in [1.54, 1.807) is 13.3 Å². The van der Waals surface area contributed by atoms with Crippen molar-refractivity contribution < 1.29 is 8.95 Å². The van der Waals surface area contributed by atoms with Crippen molar-refractivity contribution in [3.8, 4) is 5.75 Å². The van der Waals surface area contributed by atoms with E-state index in [-0.39, 0.29) is 0 Å². The second kappa shape index (κ2) is 8.98. The van der Waals surface area contributed by atoms with Gasteiger partial charge < -0.3 is 15.0 Å². The molecule has 5 nitrogen and oxygen atoms in total. The molecule has 1 unspecified atom stereocenters. The highest BCUT2D eigenvalue weighted by atomic mass is 32.2. The Morgan fingerprint density at radius 1 is 1.10 bits per heavy atom. The summed E-state index contributed by atoms with van der Waals surface area (Å²) in [6.07, 6.45) is 2.68. The number of aryl methyl sites for hydroxylation is 1. The molecule has 0 aliphatic carbocycles. The van der Waals surface area contributed by atoms with Crippen LogP contribution in [-0.4, -0.2) is 29.4 Å². The maximum Gasteiger partial charge on any atom is 0.155 e. The van der Waals surface area contributed by atoms with Gasteiger partial charge in [-0.25, -0.2) is 9.19 Å². The van der Waals surface area contributed by atoms with E-state index in [2.05, 4.69) is 47.2 Å². The first-order valence-electron chi connectivity index (χ1n) is 10.2. The first-order valence-corrected chi connectivity index (χ1v) is 11.3. The molecule has 1 atom stereocenters. The summed E-state index contributed by atoms with van der Waals surface area (Å²) in [5, 5.41) is 4.17. The second-order valence-electron chi connectivity index (χ2n) is 7.48. The topological polar surface area (TPSA) is 54.5 Å². The predicted molar refractivity (Wildman–Crippen MR) is 121 cm³/mol. The third-order valence-corrected chi connectivity index (χ3v) is 6.97. The van der Waals surface area contributed by atoms with Gasteiger partial charge in [-0.2, -0.15) is 0 Å². The first-order chi connectivity index (χ1) is 14.6. The van der Waals surface area contributed by atoms with Gasteiger partial charge in [0.05, 0.1) is 23.4 Å². The van der Waals surface area contributed by atoms with Crippen molar-refractivity contribution >= 4 is 22.2 Å². The van der Waals surface area contributed by atoms with Gasteiger partial charge in [0.2, 0.25) is 0 Å². The Morgan fingerprint density at radius 3 is 2.67 bits per heavy atom. The molecular weight excluding hydrogens is 394 g/mol. The molecule has 1 aromatic heterocycles. The molecule has 2 aromatic carbocycles. The molecule has 2 heterocycles. The fraction of sp³-hybridized carbons (Fsp3) is 0.292. The lowest BCUT2D eigenvalue weighted by Gasteiger charge is -2.34. The van der Waals surface area contributed by atoms with Gasteiger partial charge in [-0.3, -0.25) is 0 Å². The van der Waals surface area contributed by atoms with Crippen molar-refractivity contribution in [3.63, 3.8) is 0 Å². The second-order valence-corrected chi connectivity index (χ2v) is 8.84. The lowest BCUT2D eigenvalue weighted by atomic mass is 10.1. The van der Waals surface area contributed by atoms with E-state index in [0.29, 0.717) is 5.03 Å². The van der Waals surface area contributed by atoms with Crippen molar-refractivity contribution in [3.05, 3.63) is 71.4 Å². The van der Waals surface area contributed by atoms with E-state index in [0.717, 1.165) is 48.1 Å². The molecule has 0 bridgehead atoms. The number of rotatable bonds is 7. The van der Waals surface area contributed by atoms with Crippen LogP contribution >= 0.6 is 0 Å². The highest BCUT2D eigenvalue weighted by molar-refractivity contribution is 7.85. The SMILES string of the molecule is COc1ccc(CNCCCN2c3cccnc3S(=O)c3ccc(C)c(C)c32)cc1.